The fourth-order valence-corrected chi connectivity index (χ4v) is 3.56. The van der Waals surface area contributed by atoms with Gasteiger partial charge >= 0.3 is 0 Å². The lowest BCUT2D eigenvalue weighted by atomic mass is 9.95. The first-order valence-electron chi connectivity index (χ1n) is 7.32. The number of hydrogen-bond donors (Lipinski definition) is 2. The third-order valence-electron chi connectivity index (χ3n) is 4.07. The van der Waals surface area contributed by atoms with Gasteiger partial charge in [0.1, 0.15) is 11.4 Å². The molecule has 1 aromatic carbocycles. The van der Waals surface area contributed by atoms with Crippen molar-refractivity contribution in [2.24, 2.45) is 5.92 Å². The van der Waals surface area contributed by atoms with Gasteiger partial charge in [0, 0.05) is 4.88 Å². The van der Waals surface area contributed by atoms with Gasteiger partial charge in [-0.05, 0) is 42.3 Å². The Morgan fingerprint density at radius 1 is 1.36 bits per heavy atom. The van der Waals surface area contributed by atoms with Gasteiger partial charge in [0.25, 0.3) is 5.91 Å². The van der Waals surface area contributed by atoms with Gasteiger partial charge in [-0.25, -0.2) is 0 Å². The number of rotatable bonds is 6. The van der Waals surface area contributed by atoms with Crippen molar-refractivity contribution in [1.29, 1.82) is 0 Å². The van der Waals surface area contributed by atoms with Crippen LogP contribution >= 0.6 is 11.3 Å². The number of carbonyl (C=O) groups is 1. The molecule has 1 amide bonds. The molecule has 0 saturated heterocycles. The molecule has 1 aromatic heterocycles. The number of nitrogens with one attached hydrogen (secondary N) is 1. The van der Waals surface area contributed by atoms with E-state index in [1.165, 1.54) is 18.4 Å². The minimum Gasteiger partial charge on any atom is -0.496 e. The van der Waals surface area contributed by atoms with Crippen molar-refractivity contribution in [3.63, 3.8) is 0 Å². The molecule has 1 aliphatic rings. The summed E-state index contributed by atoms with van der Waals surface area (Å²) in [6, 6.07) is 10.9. The van der Waals surface area contributed by atoms with E-state index < -0.39 is 5.60 Å². The van der Waals surface area contributed by atoms with Crippen LogP contribution in [-0.4, -0.2) is 24.7 Å². The summed E-state index contributed by atoms with van der Waals surface area (Å²) in [6.07, 6.45) is 2.00. The summed E-state index contributed by atoms with van der Waals surface area (Å²) in [5.74, 6) is 0.531. The largest absolute Gasteiger partial charge is 0.496 e. The molecule has 1 unspecified atom stereocenters. The van der Waals surface area contributed by atoms with Crippen LogP contribution in [0.2, 0.25) is 0 Å². The van der Waals surface area contributed by atoms with Crippen molar-refractivity contribution in [1.82, 2.24) is 5.32 Å². The number of methoxy groups -OCH3 is 1. The molecule has 1 aliphatic carbocycles. The molecular weight excluding hydrogens is 298 g/mol. The van der Waals surface area contributed by atoms with E-state index in [1.54, 1.807) is 18.2 Å². The van der Waals surface area contributed by atoms with Crippen molar-refractivity contribution in [2.45, 2.75) is 18.4 Å². The van der Waals surface area contributed by atoms with Gasteiger partial charge in [0.2, 0.25) is 0 Å². The van der Waals surface area contributed by atoms with E-state index in [-0.39, 0.29) is 18.4 Å². The number of ether oxygens (including phenoxy) is 1. The number of para-hydroxylation sites is 1. The molecule has 0 bridgehead atoms. The van der Waals surface area contributed by atoms with Crippen LogP contribution in [0.15, 0.2) is 41.8 Å². The van der Waals surface area contributed by atoms with E-state index in [1.807, 2.05) is 23.6 Å². The van der Waals surface area contributed by atoms with Gasteiger partial charge in [-0.3, -0.25) is 4.79 Å². The highest BCUT2D eigenvalue weighted by atomic mass is 32.1. The van der Waals surface area contributed by atoms with Crippen molar-refractivity contribution < 1.29 is 14.6 Å². The number of hydrogen-bond acceptors (Lipinski definition) is 4. The highest BCUT2D eigenvalue weighted by molar-refractivity contribution is 7.10. The zero-order chi connectivity index (χ0) is 15.6. The van der Waals surface area contributed by atoms with Crippen LogP contribution < -0.4 is 10.1 Å². The number of benzene rings is 1. The van der Waals surface area contributed by atoms with E-state index in [4.69, 9.17) is 4.74 Å². The van der Waals surface area contributed by atoms with Crippen molar-refractivity contribution >= 4 is 17.2 Å². The molecule has 1 atom stereocenters. The van der Waals surface area contributed by atoms with E-state index in [0.717, 1.165) is 17.7 Å². The molecule has 1 heterocycles. The van der Waals surface area contributed by atoms with Crippen LogP contribution in [-0.2, 0) is 5.60 Å². The Morgan fingerprint density at radius 3 is 2.77 bits per heavy atom. The number of amides is 1. The van der Waals surface area contributed by atoms with E-state index in [0.29, 0.717) is 11.3 Å². The van der Waals surface area contributed by atoms with Crippen molar-refractivity contribution in [2.75, 3.05) is 13.7 Å². The first-order valence-corrected chi connectivity index (χ1v) is 8.20. The van der Waals surface area contributed by atoms with Gasteiger partial charge in [0.15, 0.2) is 0 Å². The maximum Gasteiger partial charge on any atom is 0.255 e. The summed E-state index contributed by atoms with van der Waals surface area (Å²) in [5, 5.41) is 15.8. The number of carbonyl (C=O) groups excluding carboxylic acids is 1. The maximum atomic E-state index is 12.4. The Hall–Kier alpha value is -1.85. The van der Waals surface area contributed by atoms with Crippen LogP contribution in [0.5, 0.6) is 5.75 Å². The first kappa shape index (κ1) is 15.1. The van der Waals surface area contributed by atoms with Crippen molar-refractivity contribution in [3.05, 3.63) is 52.2 Å². The summed E-state index contributed by atoms with van der Waals surface area (Å²) in [7, 11) is 1.54. The van der Waals surface area contributed by atoms with Gasteiger partial charge < -0.3 is 15.2 Å². The topological polar surface area (TPSA) is 58.6 Å². The third-order valence-corrected chi connectivity index (χ3v) is 5.11. The van der Waals surface area contributed by atoms with E-state index in [9.17, 15) is 9.90 Å². The molecule has 2 N–H and O–H groups in total. The predicted molar refractivity (Wildman–Crippen MR) is 86.3 cm³/mol. The lowest BCUT2D eigenvalue weighted by Gasteiger charge is -2.27. The standard InChI is InChI=1S/C17H19NO3S/c1-21-14-6-3-2-5-13(14)16(19)18-11-17(20,12-8-9-12)15-7-4-10-22-15/h2-7,10,12,20H,8-9,11H2,1H3,(H,18,19). The minimum atomic E-state index is -0.966. The summed E-state index contributed by atoms with van der Waals surface area (Å²) >= 11 is 1.53. The summed E-state index contributed by atoms with van der Waals surface area (Å²) < 4.78 is 5.21. The quantitative estimate of drug-likeness (QED) is 0.861. The molecule has 0 aliphatic heterocycles. The molecule has 2 aromatic rings. The van der Waals surface area contributed by atoms with Gasteiger partial charge in [-0.15, -0.1) is 11.3 Å². The van der Waals surface area contributed by atoms with Crippen LogP contribution in [0.25, 0.3) is 0 Å². The average Bonchev–Trinajstić information content (AvgIpc) is 3.27. The Bertz CT molecular complexity index is 652. The average molecular weight is 317 g/mol. The molecule has 0 radical (unpaired) electrons. The first-order chi connectivity index (χ1) is 10.6. The summed E-state index contributed by atoms with van der Waals surface area (Å²) in [4.78, 5) is 13.3. The fraction of sp³-hybridized carbons (Fsp3) is 0.353. The van der Waals surface area contributed by atoms with Gasteiger partial charge in [0.05, 0.1) is 19.2 Å². The molecule has 22 heavy (non-hydrogen) atoms. The molecule has 1 fully saturated rings. The summed E-state index contributed by atoms with van der Waals surface area (Å²) in [6.45, 7) is 0.217. The lowest BCUT2D eigenvalue weighted by Crippen LogP contribution is -2.42. The second kappa shape index (κ2) is 6.10. The Kier molecular flexibility index (Phi) is 4.18. The zero-order valence-corrected chi connectivity index (χ0v) is 13.2. The normalized spacial score (nSPS) is 16.8. The predicted octanol–water partition coefficient (Wildman–Crippen LogP) is 2.78. The third kappa shape index (κ3) is 2.87. The Balaban J connectivity index is 1.74. The minimum absolute atomic E-state index is 0.217. The zero-order valence-electron chi connectivity index (χ0n) is 12.4. The van der Waals surface area contributed by atoms with Crippen LogP contribution in [0.1, 0.15) is 28.1 Å². The summed E-state index contributed by atoms with van der Waals surface area (Å²) in [5.41, 5.74) is -0.486. The molecule has 3 rings (SSSR count). The molecular formula is C17H19NO3S. The van der Waals surface area contributed by atoms with Crippen molar-refractivity contribution in [3.8, 4) is 5.75 Å². The van der Waals surface area contributed by atoms with E-state index in [2.05, 4.69) is 5.32 Å². The number of thiophene rings is 1. The van der Waals surface area contributed by atoms with Gasteiger partial charge in [-0.1, -0.05) is 18.2 Å². The maximum absolute atomic E-state index is 12.4. The van der Waals surface area contributed by atoms with Gasteiger partial charge in [-0.2, -0.15) is 0 Å². The molecule has 4 nitrogen and oxygen atoms in total. The smallest absolute Gasteiger partial charge is 0.255 e. The van der Waals surface area contributed by atoms with Crippen LogP contribution in [0.4, 0.5) is 0 Å². The Morgan fingerprint density at radius 2 is 2.14 bits per heavy atom. The molecule has 0 spiro atoms. The molecule has 116 valence electrons. The monoisotopic (exact) mass is 317 g/mol. The Labute approximate surface area is 133 Å². The van der Waals surface area contributed by atoms with Crippen LogP contribution in [0.3, 0.4) is 0 Å². The highest BCUT2D eigenvalue weighted by Crippen LogP contribution is 2.46. The molecule has 1 saturated carbocycles. The highest BCUT2D eigenvalue weighted by Gasteiger charge is 2.46. The number of aliphatic hydroxyl groups is 1. The second-order valence-corrected chi connectivity index (χ2v) is 6.51. The second-order valence-electron chi connectivity index (χ2n) is 5.56. The van der Waals surface area contributed by atoms with E-state index >= 15 is 0 Å². The lowest BCUT2D eigenvalue weighted by molar-refractivity contribution is 0.0169. The molecule has 5 heteroatoms. The van der Waals surface area contributed by atoms with Crippen LogP contribution in [0, 0.1) is 5.92 Å². The SMILES string of the molecule is COc1ccccc1C(=O)NCC(O)(c1cccs1)C1CC1. The fourth-order valence-electron chi connectivity index (χ4n) is 2.66.